The van der Waals surface area contributed by atoms with Crippen LogP contribution in [0.1, 0.15) is 17.3 Å². The van der Waals surface area contributed by atoms with E-state index in [0.29, 0.717) is 31.2 Å². The minimum atomic E-state index is 0.480. The molecule has 5 heteroatoms. The van der Waals surface area contributed by atoms with Gasteiger partial charge in [0.1, 0.15) is 5.75 Å². The first-order valence-electron chi connectivity index (χ1n) is 5.90. The Morgan fingerprint density at radius 1 is 1.47 bits per heavy atom. The summed E-state index contributed by atoms with van der Waals surface area (Å²) in [5.41, 5.74) is 1.07. The van der Waals surface area contributed by atoms with Crippen molar-refractivity contribution < 1.29 is 9.26 Å². The number of benzene rings is 1. The summed E-state index contributed by atoms with van der Waals surface area (Å²) in [6, 6.07) is 7.78. The van der Waals surface area contributed by atoms with Gasteiger partial charge in [0.2, 0.25) is 5.89 Å². The maximum absolute atomic E-state index is 5.17. The smallest absolute Gasteiger partial charge is 0.240 e. The van der Waals surface area contributed by atoms with Gasteiger partial charge in [-0.05, 0) is 17.7 Å². The van der Waals surface area contributed by atoms with Crippen LogP contribution in [0.5, 0.6) is 5.75 Å². The number of nitrogens with zero attached hydrogens (tertiary/aromatic N) is 2. The second-order valence-corrected chi connectivity index (χ2v) is 3.94. The summed E-state index contributed by atoms with van der Waals surface area (Å²) >= 11 is 0. The summed E-state index contributed by atoms with van der Waals surface area (Å²) < 4.78 is 10.3. The Labute approximate surface area is 112 Å². The van der Waals surface area contributed by atoms with Crippen molar-refractivity contribution in [3.8, 4) is 18.1 Å². The molecule has 0 aliphatic heterocycles. The van der Waals surface area contributed by atoms with E-state index in [-0.39, 0.29) is 0 Å². The monoisotopic (exact) mass is 257 g/mol. The van der Waals surface area contributed by atoms with E-state index in [9.17, 15) is 0 Å². The van der Waals surface area contributed by atoms with Gasteiger partial charge in [-0.3, -0.25) is 5.32 Å². The molecule has 19 heavy (non-hydrogen) atoms. The van der Waals surface area contributed by atoms with E-state index in [1.54, 1.807) is 7.11 Å². The Bertz CT molecular complexity index is 572. The summed E-state index contributed by atoms with van der Waals surface area (Å²) in [6.45, 7) is 0.961. The van der Waals surface area contributed by atoms with Gasteiger partial charge in [-0.25, -0.2) is 0 Å². The lowest BCUT2D eigenvalue weighted by atomic mass is 10.1. The number of nitrogens with one attached hydrogen (secondary N) is 1. The van der Waals surface area contributed by atoms with E-state index in [2.05, 4.69) is 21.4 Å². The second-order valence-electron chi connectivity index (χ2n) is 3.94. The summed E-state index contributed by atoms with van der Waals surface area (Å²) in [7, 11) is 1.64. The second kappa shape index (κ2) is 6.57. The molecular formula is C14H15N3O2. The number of rotatable bonds is 6. The van der Waals surface area contributed by atoms with Gasteiger partial charge in [-0.1, -0.05) is 23.2 Å². The molecule has 0 saturated carbocycles. The molecule has 0 spiro atoms. The minimum absolute atomic E-state index is 0.480. The van der Waals surface area contributed by atoms with Gasteiger partial charge in [0.15, 0.2) is 5.82 Å². The van der Waals surface area contributed by atoms with Gasteiger partial charge in [0, 0.05) is 6.42 Å². The van der Waals surface area contributed by atoms with Crippen molar-refractivity contribution in [2.45, 2.75) is 13.0 Å². The minimum Gasteiger partial charge on any atom is -0.497 e. The molecule has 0 atom stereocenters. The number of ether oxygens (including phenoxy) is 1. The molecule has 0 unspecified atom stereocenters. The standard InChI is InChI=1S/C14H15N3O2/c1-3-7-15-10-14-16-13(17-19-14)9-11-5-4-6-12(8-11)18-2/h1,4-6,8,15H,7,9-10H2,2H3. The first-order valence-corrected chi connectivity index (χ1v) is 5.90. The average molecular weight is 257 g/mol. The van der Waals surface area contributed by atoms with E-state index >= 15 is 0 Å². The van der Waals surface area contributed by atoms with Crippen LogP contribution in [-0.2, 0) is 13.0 Å². The summed E-state index contributed by atoms with van der Waals surface area (Å²) in [6.07, 6.45) is 5.74. The zero-order valence-electron chi connectivity index (χ0n) is 10.7. The van der Waals surface area contributed by atoms with Gasteiger partial charge in [0.25, 0.3) is 0 Å². The Kier molecular flexibility index (Phi) is 4.54. The van der Waals surface area contributed by atoms with Crippen LogP contribution in [0.4, 0.5) is 0 Å². The molecule has 98 valence electrons. The number of aromatic nitrogens is 2. The maximum Gasteiger partial charge on any atom is 0.240 e. The van der Waals surface area contributed by atoms with Gasteiger partial charge >= 0.3 is 0 Å². The summed E-state index contributed by atoms with van der Waals surface area (Å²) in [5, 5.41) is 6.92. The molecule has 0 amide bonds. The van der Waals surface area contributed by atoms with Crippen LogP contribution in [0.3, 0.4) is 0 Å². The van der Waals surface area contributed by atoms with E-state index in [4.69, 9.17) is 15.7 Å². The van der Waals surface area contributed by atoms with Gasteiger partial charge in [0.05, 0.1) is 20.2 Å². The highest BCUT2D eigenvalue weighted by molar-refractivity contribution is 5.30. The molecule has 1 aromatic heterocycles. The van der Waals surface area contributed by atoms with E-state index < -0.39 is 0 Å². The average Bonchev–Trinajstić information content (AvgIpc) is 2.87. The van der Waals surface area contributed by atoms with E-state index in [1.807, 2.05) is 24.3 Å². The molecule has 1 N–H and O–H groups in total. The normalized spacial score (nSPS) is 10.1. The Balaban J connectivity index is 1.97. The lowest BCUT2D eigenvalue weighted by Crippen LogP contribution is -2.13. The predicted octanol–water partition coefficient (Wildman–Crippen LogP) is 1.39. The Hall–Kier alpha value is -2.32. The highest BCUT2D eigenvalue weighted by Gasteiger charge is 2.07. The van der Waals surface area contributed by atoms with E-state index in [0.717, 1.165) is 11.3 Å². The van der Waals surface area contributed by atoms with Crippen molar-refractivity contribution in [3.63, 3.8) is 0 Å². The first-order chi connectivity index (χ1) is 9.31. The maximum atomic E-state index is 5.17. The number of hydrogen-bond acceptors (Lipinski definition) is 5. The zero-order valence-corrected chi connectivity index (χ0v) is 10.7. The molecule has 5 nitrogen and oxygen atoms in total. The lowest BCUT2D eigenvalue weighted by Gasteiger charge is -2.01. The van der Waals surface area contributed by atoms with Crippen molar-refractivity contribution in [3.05, 3.63) is 41.5 Å². The third-order valence-electron chi connectivity index (χ3n) is 2.51. The SMILES string of the molecule is C#CCNCc1nc(Cc2cccc(OC)c2)no1. The fourth-order valence-corrected chi connectivity index (χ4v) is 1.64. The van der Waals surface area contributed by atoms with Crippen molar-refractivity contribution in [1.82, 2.24) is 15.5 Å². The van der Waals surface area contributed by atoms with Crippen LogP contribution in [0.15, 0.2) is 28.8 Å². The topological polar surface area (TPSA) is 60.2 Å². The molecule has 0 aliphatic carbocycles. The van der Waals surface area contributed by atoms with Gasteiger partial charge < -0.3 is 9.26 Å². The third-order valence-corrected chi connectivity index (χ3v) is 2.51. The molecule has 1 aromatic carbocycles. The van der Waals surface area contributed by atoms with Crippen molar-refractivity contribution >= 4 is 0 Å². The van der Waals surface area contributed by atoms with Crippen LogP contribution in [0.2, 0.25) is 0 Å². The first kappa shape index (κ1) is 13.1. The number of methoxy groups -OCH3 is 1. The summed E-state index contributed by atoms with van der Waals surface area (Å²) in [5.74, 6) is 4.48. The fraction of sp³-hybridized carbons (Fsp3) is 0.286. The lowest BCUT2D eigenvalue weighted by molar-refractivity contribution is 0.366. The molecule has 2 aromatic rings. The van der Waals surface area contributed by atoms with Crippen molar-refractivity contribution in [2.75, 3.05) is 13.7 Å². The molecule has 1 heterocycles. The third kappa shape index (κ3) is 3.83. The molecule has 2 rings (SSSR count). The van der Waals surface area contributed by atoms with E-state index in [1.165, 1.54) is 0 Å². The van der Waals surface area contributed by atoms with Crippen molar-refractivity contribution in [2.24, 2.45) is 0 Å². The zero-order chi connectivity index (χ0) is 13.5. The number of terminal acetylenes is 1. The highest BCUT2D eigenvalue weighted by atomic mass is 16.5. The highest BCUT2D eigenvalue weighted by Crippen LogP contribution is 2.14. The molecule has 0 radical (unpaired) electrons. The Morgan fingerprint density at radius 3 is 3.16 bits per heavy atom. The van der Waals surface area contributed by atoms with Gasteiger partial charge in [-0.15, -0.1) is 6.42 Å². The molecule has 0 fully saturated rings. The molecule has 0 bridgehead atoms. The molecular weight excluding hydrogens is 242 g/mol. The molecule has 0 saturated heterocycles. The van der Waals surface area contributed by atoms with Gasteiger partial charge in [-0.2, -0.15) is 4.98 Å². The van der Waals surface area contributed by atoms with Crippen LogP contribution < -0.4 is 10.1 Å². The molecule has 0 aliphatic rings. The van der Waals surface area contributed by atoms with Crippen LogP contribution >= 0.6 is 0 Å². The largest absolute Gasteiger partial charge is 0.497 e. The quantitative estimate of drug-likeness (QED) is 0.626. The Morgan fingerprint density at radius 2 is 2.37 bits per heavy atom. The predicted molar refractivity (Wildman–Crippen MR) is 70.6 cm³/mol. The van der Waals surface area contributed by atoms with Crippen LogP contribution in [0.25, 0.3) is 0 Å². The summed E-state index contributed by atoms with van der Waals surface area (Å²) in [4.78, 5) is 4.28. The number of hydrogen-bond donors (Lipinski definition) is 1. The van der Waals surface area contributed by atoms with Crippen molar-refractivity contribution in [1.29, 1.82) is 0 Å². The fourth-order valence-electron chi connectivity index (χ4n) is 1.64. The van der Waals surface area contributed by atoms with Crippen LogP contribution in [-0.4, -0.2) is 23.8 Å². The van der Waals surface area contributed by atoms with Crippen LogP contribution in [0, 0.1) is 12.3 Å².